The molecule has 1 unspecified atom stereocenters. The highest BCUT2D eigenvalue weighted by Gasteiger charge is 2.51. The van der Waals surface area contributed by atoms with Gasteiger partial charge in [-0.3, -0.25) is 64.4 Å². The third-order valence-electron chi connectivity index (χ3n) is 12.0. The first-order valence-corrected chi connectivity index (χ1v) is 25.7. The summed E-state index contributed by atoms with van der Waals surface area (Å²) in [4.78, 5) is 122. The van der Waals surface area contributed by atoms with E-state index < -0.39 is 141 Å². The zero-order chi connectivity index (χ0) is 64.1. The van der Waals surface area contributed by atoms with Gasteiger partial charge in [0.05, 0.1) is 32.4 Å². The van der Waals surface area contributed by atoms with Gasteiger partial charge in [0.15, 0.2) is 11.5 Å². The van der Waals surface area contributed by atoms with Crippen molar-refractivity contribution in [3.05, 3.63) is 137 Å². The second kappa shape index (κ2) is 32.4. The van der Waals surface area contributed by atoms with Crippen LogP contribution in [-0.2, 0) is 75.1 Å². The molecule has 0 aliphatic carbocycles. The van der Waals surface area contributed by atoms with E-state index in [-0.39, 0.29) is 58.0 Å². The van der Waals surface area contributed by atoms with E-state index in [0.29, 0.717) is 6.42 Å². The molecule has 32 nitrogen and oxygen atoms in total. The van der Waals surface area contributed by atoms with Crippen molar-refractivity contribution in [3.8, 4) is 23.0 Å². The van der Waals surface area contributed by atoms with Crippen LogP contribution in [-0.4, -0.2) is 122 Å². The SMILES string of the molecule is CC(=O)OC[C@H]1O[C@H](Oc2ccc(CO)cc2[N+](=O)[O-])[C@@H](OC(C)=O)[C@@H](OC(C)=O)[C@@H]1C.CC[C@H]1OC(Oc2ccc(COC(=O)Oc3ccc([N+](=O)[O-])cc3)cc2[N+](=O)[O-])[C@@H](OC(C)=O)[C@@H](OC(C)=O)[C@@H]1C.O=C(Cl)Oc1ccc([N+](=O)[O-])cc1. The quantitative estimate of drug-likeness (QED) is 0.0220. The number of rotatable bonds is 20. The highest BCUT2D eigenvalue weighted by Crippen LogP contribution is 2.38. The lowest BCUT2D eigenvalue weighted by Gasteiger charge is -2.43. The molecule has 2 aliphatic rings. The van der Waals surface area contributed by atoms with Crippen molar-refractivity contribution in [2.75, 3.05) is 6.61 Å². The smallest absolute Gasteiger partial charge is 0.463 e. The van der Waals surface area contributed by atoms with E-state index in [0.717, 1.165) is 38.1 Å². The van der Waals surface area contributed by atoms with Gasteiger partial charge in [-0.25, -0.2) is 9.59 Å². The Kier molecular flexibility index (Phi) is 25.9. The normalized spacial score (nSPS) is 21.0. The third kappa shape index (κ3) is 20.9. The second-order valence-corrected chi connectivity index (χ2v) is 18.6. The van der Waals surface area contributed by atoms with Gasteiger partial charge >= 0.3 is 52.8 Å². The minimum Gasteiger partial charge on any atom is -0.463 e. The van der Waals surface area contributed by atoms with Gasteiger partial charge in [-0.05, 0) is 53.9 Å². The number of esters is 5. The molecule has 0 spiro atoms. The zero-order valence-electron chi connectivity index (χ0n) is 46.8. The van der Waals surface area contributed by atoms with Crippen LogP contribution in [0, 0.1) is 52.3 Å². The number of hydrogen-bond acceptors (Lipinski definition) is 28. The minimum atomic E-state index is -1.43. The van der Waals surface area contributed by atoms with E-state index in [1.807, 2.05) is 6.92 Å². The number of halogens is 1. The van der Waals surface area contributed by atoms with Crippen LogP contribution in [0.4, 0.5) is 32.3 Å². The number of nitro benzene ring substituents is 4. The molecule has 2 saturated heterocycles. The van der Waals surface area contributed by atoms with E-state index >= 15 is 0 Å². The number of hydrogen-bond donors (Lipinski definition) is 1. The second-order valence-electron chi connectivity index (χ2n) is 18.3. The fourth-order valence-electron chi connectivity index (χ4n) is 8.17. The van der Waals surface area contributed by atoms with Crippen LogP contribution >= 0.6 is 11.6 Å². The van der Waals surface area contributed by atoms with Gasteiger partial charge in [0.1, 0.15) is 43.0 Å². The molecule has 4 aromatic rings. The molecule has 2 aliphatic heterocycles. The van der Waals surface area contributed by atoms with Crippen molar-refractivity contribution in [1.29, 1.82) is 0 Å². The number of ether oxygens (including phenoxy) is 12. The number of benzene rings is 4. The summed E-state index contributed by atoms with van der Waals surface area (Å²) < 4.78 is 64.2. The summed E-state index contributed by atoms with van der Waals surface area (Å²) in [6.45, 7) is 10.1. The van der Waals surface area contributed by atoms with E-state index in [2.05, 4.69) is 4.74 Å². The van der Waals surface area contributed by atoms with Crippen LogP contribution in [0.5, 0.6) is 23.0 Å². The summed E-state index contributed by atoms with van der Waals surface area (Å²) in [6, 6.07) is 17.3. The lowest BCUT2D eigenvalue weighted by Crippen LogP contribution is -2.59. The average Bonchev–Trinajstić information content (AvgIpc) is 3.33. The Morgan fingerprint density at radius 2 is 0.919 bits per heavy atom. The third-order valence-corrected chi connectivity index (χ3v) is 12.1. The first-order valence-electron chi connectivity index (χ1n) is 25.3. The van der Waals surface area contributed by atoms with Crippen LogP contribution in [0.2, 0.25) is 0 Å². The monoisotopic (exact) mass is 1230 g/mol. The van der Waals surface area contributed by atoms with Crippen molar-refractivity contribution < 1.29 is 115 Å². The lowest BCUT2D eigenvalue weighted by molar-refractivity contribution is -0.387. The van der Waals surface area contributed by atoms with Crippen molar-refractivity contribution in [2.45, 2.75) is 124 Å². The maximum Gasteiger partial charge on any atom is 0.514 e. The molecule has 1 N–H and O–H groups in total. The molecule has 0 radical (unpaired) electrons. The Labute approximate surface area is 491 Å². The summed E-state index contributed by atoms with van der Waals surface area (Å²) in [5.74, 6) is -4.53. The Balaban J connectivity index is 0.000000311. The molecule has 0 amide bonds. The topological polar surface area (TPSA) is 423 Å². The van der Waals surface area contributed by atoms with E-state index in [1.54, 1.807) is 13.8 Å². The average molecular weight is 1230 g/mol. The molecular formula is C53H57ClN4O28. The summed E-state index contributed by atoms with van der Waals surface area (Å²) in [6.07, 6.45) is -9.22. The van der Waals surface area contributed by atoms with Crippen LogP contribution in [0.3, 0.4) is 0 Å². The number of nitrogens with zero attached hydrogens (tertiary/aromatic N) is 4. The zero-order valence-corrected chi connectivity index (χ0v) is 47.6. The van der Waals surface area contributed by atoms with E-state index in [9.17, 15) is 79.1 Å². The van der Waals surface area contributed by atoms with E-state index in [4.69, 9.17) is 63.7 Å². The van der Waals surface area contributed by atoms with Gasteiger partial charge in [-0.1, -0.05) is 32.9 Å². The summed E-state index contributed by atoms with van der Waals surface area (Å²) in [5.41, 5.74) is -1.72. The molecular weight excluding hydrogens is 1180 g/mol. The highest BCUT2D eigenvalue weighted by atomic mass is 35.5. The molecule has 4 aromatic carbocycles. The molecule has 464 valence electrons. The van der Waals surface area contributed by atoms with Crippen LogP contribution in [0.1, 0.15) is 72.9 Å². The number of aliphatic hydroxyl groups is 1. The lowest BCUT2D eigenvalue weighted by atomic mass is 9.89. The molecule has 0 aromatic heterocycles. The summed E-state index contributed by atoms with van der Waals surface area (Å²) in [7, 11) is 0. The Morgan fingerprint density at radius 1 is 0.523 bits per heavy atom. The van der Waals surface area contributed by atoms with Gasteiger partial charge < -0.3 is 61.9 Å². The molecule has 6 rings (SSSR count). The number of nitro groups is 4. The van der Waals surface area contributed by atoms with Crippen LogP contribution in [0.15, 0.2) is 84.9 Å². The molecule has 0 bridgehead atoms. The fourth-order valence-corrected chi connectivity index (χ4v) is 8.26. The number of carbonyl (C=O) groups excluding carboxylic acids is 7. The van der Waals surface area contributed by atoms with Crippen LogP contribution in [0.25, 0.3) is 0 Å². The van der Waals surface area contributed by atoms with Gasteiger partial charge in [-0.15, -0.1) is 0 Å². The van der Waals surface area contributed by atoms with Gasteiger partial charge in [0.2, 0.25) is 24.8 Å². The number of aliphatic hydroxyl groups excluding tert-OH is 1. The Hall–Kier alpha value is -9.66. The van der Waals surface area contributed by atoms with Crippen molar-refractivity contribution in [1.82, 2.24) is 0 Å². The molecule has 2 fully saturated rings. The van der Waals surface area contributed by atoms with Crippen LogP contribution < -0.4 is 18.9 Å². The largest absolute Gasteiger partial charge is 0.514 e. The first-order chi connectivity index (χ1) is 40.5. The molecule has 2 heterocycles. The predicted molar refractivity (Wildman–Crippen MR) is 287 cm³/mol. The maximum atomic E-state index is 12.0. The Morgan fingerprint density at radius 3 is 1.30 bits per heavy atom. The van der Waals surface area contributed by atoms with Crippen molar-refractivity contribution >= 4 is 75.8 Å². The summed E-state index contributed by atoms with van der Waals surface area (Å²) >= 11 is 4.92. The first kappa shape index (κ1) is 68.8. The molecule has 0 saturated carbocycles. The van der Waals surface area contributed by atoms with Crippen molar-refractivity contribution in [2.24, 2.45) is 11.8 Å². The number of carbonyl (C=O) groups is 7. The number of non-ortho nitro benzene ring substituents is 2. The van der Waals surface area contributed by atoms with Gasteiger partial charge in [0.25, 0.3) is 11.4 Å². The van der Waals surface area contributed by atoms with E-state index in [1.165, 1.54) is 81.4 Å². The standard InChI is InChI=1S/C26H28N2O13.C20H25NO11.C7H4ClNO4/c1-5-21-14(2)23(37-15(3)29)24(38-16(4)30)25(40-21)41-22-11-6-17(12-20(22)28(34)35)13-36-26(31)39-19-9-7-18(8-10-19)27(32)33;1-10-17(9-28-11(2)23)32-20(19(30-13(4)25)18(10)29-12(3)24)31-16-6-5-14(8-22)7-15(16)21(26)27;8-7(10)13-6-3-1-5(2-4-6)9(11)12/h6-12,14,21,23-25H,5,13H2,1-4H3;5-7,10,17-20,22H,8-9H2,1-4H3;1-4H/t14-,21-,23+,24+,25?;10-,17-,18+,19+,20+;/m11./s1. The molecule has 86 heavy (non-hydrogen) atoms. The fraction of sp³-hybridized carbons (Fsp3) is 0.415. The van der Waals surface area contributed by atoms with Gasteiger partial charge in [-0.2, -0.15) is 0 Å². The van der Waals surface area contributed by atoms with Gasteiger partial charge in [0, 0.05) is 94.5 Å². The maximum absolute atomic E-state index is 12.0. The van der Waals surface area contributed by atoms with Crippen molar-refractivity contribution in [3.63, 3.8) is 0 Å². The summed E-state index contributed by atoms with van der Waals surface area (Å²) in [5, 5.41) is 53.5. The minimum absolute atomic E-state index is 0.00287. The predicted octanol–water partition coefficient (Wildman–Crippen LogP) is 7.82. The molecule has 33 heteroatoms. The Bertz CT molecular complexity index is 3110. The molecule has 10 atom stereocenters. The highest BCUT2D eigenvalue weighted by molar-refractivity contribution is 6.61.